The van der Waals surface area contributed by atoms with Crippen LogP contribution < -0.4 is 0 Å². The maximum absolute atomic E-state index is 12.2. The highest BCUT2D eigenvalue weighted by atomic mass is 127. The molecular formula is C12H21F2IO. The standard InChI is InChI=1S/C12H21F2IO/c1-2-3-10-4-6-12(9-15,7-5-10)16-8-11(13)14/h10-11H,2-9H2,1H3. The number of hydrogen-bond acceptors (Lipinski definition) is 1. The van der Waals surface area contributed by atoms with E-state index in [1.54, 1.807) is 0 Å². The topological polar surface area (TPSA) is 9.23 Å². The van der Waals surface area contributed by atoms with Gasteiger partial charge in [0.15, 0.2) is 0 Å². The molecule has 16 heavy (non-hydrogen) atoms. The van der Waals surface area contributed by atoms with Crippen molar-refractivity contribution >= 4 is 22.6 Å². The van der Waals surface area contributed by atoms with Gasteiger partial charge in [0.05, 0.1) is 5.60 Å². The minimum atomic E-state index is -2.34. The van der Waals surface area contributed by atoms with Gasteiger partial charge in [-0.25, -0.2) is 8.78 Å². The van der Waals surface area contributed by atoms with Crippen molar-refractivity contribution < 1.29 is 13.5 Å². The van der Waals surface area contributed by atoms with Crippen LogP contribution in [-0.4, -0.2) is 23.1 Å². The van der Waals surface area contributed by atoms with Gasteiger partial charge >= 0.3 is 0 Å². The Bertz CT molecular complexity index is 191. The van der Waals surface area contributed by atoms with E-state index in [9.17, 15) is 8.78 Å². The van der Waals surface area contributed by atoms with E-state index in [0.29, 0.717) is 0 Å². The smallest absolute Gasteiger partial charge is 0.261 e. The highest BCUT2D eigenvalue weighted by Gasteiger charge is 2.35. The van der Waals surface area contributed by atoms with Crippen LogP contribution in [0.4, 0.5) is 8.78 Å². The lowest BCUT2D eigenvalue weighted by atomic mass is 9.78. The molecule has 96 valence electrons. The van der Waals surface area contributed by atoms with Crippen LogP contribution >= 0.6 is 22.6 Å². The summed E-state index contributed by atoms with van der Waals surface area (Å²) in [7, 11) is 0. The van der Waals surface area contributed by atoms with E-state index < -0.39 is 13.0 Å². The zero-order chi connectivity index (χ0) is 12.0. The van der Waals surface area contributed by atoms with Crippen LogP contribution in [0.15, 0.2) is 0 Å². The van der Waals surface area contributed by atoms with E-state index in [1.807, 2.05) is 0 Å². The summed E-state index contributed by atoms with van der Waals surface area (Å²) in [4.78, 5) is 0. The average Bonchev–Trinajstić information content (AvgIpc) is 2.29. The summed E-state index contributed by atoms with van der Waals surface area (Å²) in [6.07, 6.45) is 4.33. The fourth-order valence-electron chi connectivity index (χ4n) is 2.46. The zero-order valence-corrected chi connectivity index (χ0v) is 12.0. The minimum Gasteiger partial charge on any atom is -0.368 e. The van der Waals surface area contributed by atoms with Gasteiger partial charge in [0, 0.05) is 4.43 Å². The Morgan fingerprint density at radius 3 is 2.44 bits per heavy atom. The highest BCUT2D eigenvalue weighted by Crippen LogP contribution is 2.38. The molecule has 0 aromatic rings. The summed E-state index contributed by atoms with van der Waals surface area (Å²) < 4.78 is 30.6. The largest absolute Gasteiger partial charge is 0.368 e. The third-order valence-electron chi connectivity index (χ3n) is 3.47. The molecule has 1 fully saturated rings. The van der Waals surface area contributed by atoms with Crippen LogP contribution in [0, 0.1) is 5.92 Å². The third kappa shape index (κ3) is 4.43. The molecule has 0 aliphatic heterocycles. The number of halogens is 3. The Morgan fingerprint density at radius 2 is 2.00 bits per heavy atom. The molecule has 0 amide bonds. The van der Waals surface area contributed by atoms with E-state index in [1.165, 1.54) is 12.8 Å². The van der Waals surface area contributed by atoms with Crippen LogP contribution in [-0.2, 0) is 4.74 Å². The van der Waals surface area contributed by atoms with E-state index in [-0.39, 0.29) is 5.60 Å². The number of rotatable bonds is 6. The third-order valence-corrected chi connectivity index (χ3v) is 4.86. The zero-order valence-electron chi connectivity index (χ0n) is 9.85. The van der Waals surface area contributed by atoms with Crippen molar-refractivity contribution in [2.75, 3.05) is 11.0 Å². The van der Waals surface area contributed by atoms with Gasteiger partial charge in [0.2, 0.25) is 0 Å². The fourth-order valence-corrected chi connectivity index (χ4v) is 3.44. The van der Waals surface area contributed by atoms with Gasteiger partial charge in [0.25, 0.3) is 6.43 Å². The number of hydrogen-bond donors (Lipinski definition) is 0. The second kappa shape index (κ2) is 7.09. The summed E-state index contributed by atoms with van der Waals surface area (Å²) in [5.74, 6) is 0.788. The summed E-state index contributed by atoms with van der Waals surface area (Å²) in [6, 6.07) is 0. The normalized spacial score (nSPS) is 30.9. The van der Waals surface area contributed by atoms with Gasteiger partial charge in [-0.15, -0.1) is 0 Å². The van der Waals surface area contributed by atoms with Crippen LogP contribution in [0.25, 0.3) is 0 Å². The average molecular weight is 346 g/mol. The van der Waals surface area contributed by atoms with Gasteiger partial charge in [-0.1, -0.05) is 42.4 Å². The lowest BCUT2D eigenvalue weighted by Crippen LogP contribution is -2.40. The molecule has 0 aromatic carbocycles. The molecule has 0 spiro atoms. The van der Waals surface area contributed by atoms with Gasteiger partial charge in [-0.2, -0.15) is 0 Å². The van der Waals surface area contributed by atoms with Crippen LogP contribution in [0.2, 0.25) is 0 Å². The van der Waals surface area contributed by atoms with Gasteiger partial charge < -0.3 is 4.74 Å². The Morgan fingerprint density at radius 1 is 1.38 bits per heavy atom. The summed E-state index contributed by atoms with van der Waals surface area (Å²) >= 11 is 2.26. The van der Waals surface area contributed by atoms with E-state index in [2.05, 4.69) is 29.5 Å². The predicted octanol–water partition coefficient (Wildman–Crippen LogP) is 4.43. The van der Waals surface area contributed by atoms with Crippen molar-refractivity contribution in [1.29, 1.82) is 0 Å². The summed E-state index contributed by atoms with van der Waals surface area (Å²) in [5, 5.41) is 0. The second-order valence-corrected chi connectivity index (χ2v) is 5.51. The SMILES string of the molecule is CCCC1CCC(CI)(OCC(F)F)CC1. The number of ether oxygens (including phenoxy) is 1. The molecular weight excluding hydrogens is 325 g/mol. The Hall–Kier alpha value is 0.550. The Balaban J connectivity index is 2.38. The Labute approximate surface area is 110 Å². The molecule has 0 heterocycles. The first-order chi connectivity index (χ1) is 7.62. The molecule has 4 heteroatoms. The second-order valence-electron chi connectivity index (χ2n) is 4.75. The maximum atomic E-state index is 12.2. The molecule has 0 N–H and O–H groups in total. The van der Waals surface area contributed by atoms with Crippen LogP contribution in [0.5, 0.6) is 0 Å². The quantitative estimate of drug-likeness (QED) is 0.511. The first kappa shape index (κ1) is 14.6. The van der Waals surface area contributed by atoms with Crippen molar-refractivity contribution in [1.82, 2.24) is 0 Å². The minimum absolute atomic E-state index is 0.263. The van der Waals surface area contributed by atoms with Gasteiger partial charge in [0.1, 0.15) is 6.61 Å². The summed E-state index contributed by atoms with van der Waals surface area (Å²) in [6.45, 7) is 1.80. The molecule has 0 aromatic heterocycles. The predicted molar refractivity (Wildman–Crippen MR) is 70.4 cm³/mol. The van der Waals surface area contributed by atoms with Crippen molar-refractivity contribution in [2.45, 2.75) is 57.5 Å². The highest BCUT2D eigenvalue weighted by molar-refractivity contribution is 14.1. The molecule has 0 bridgehead atoms. The molecule has 0 saturated heterocycles. The lowest BCUT2D eigenvalue weighted by molar-refractivity contribution is -0.0974. The Kier molecular flexibility index (Phi) is 6.47. The van der Waals surface area contributed by atoms with Crippen LogP contribution in [0.1, 0.15) is 45.4 Å². The summed E-state index contributed by atoms with van der Waals surface area (Å²) in [5.41, 5.74) is -0.263. The van der Waals surface area contributed by atoms with Crippen molar-refractivity contribution in [3.05, 3.63) is 0 Å². The van der Waals surface area contributed by atoms with Crippen molar-refractivity contribution in [2.24, 2.45) is 5.92 Å². The van der Waals surface area contributed by atoms with Gasteiger partial charge in [-0.05, 0) is 31.6 Å². The first-order valence-corrected chi connectivity index (χ1v) is 7.62. The molecule has 0 radical (unpaired) electrons. The van der Waals surface area contributed by atoms with Gasteiger partial charge in [-0.3, -0.25) is 0 Å². The fraction of sp³-hybridized carbons (Fsp3) is 1.00. The van der Waals surface area contributed by atoms with E-state index in [4.69, 9.17) is 4.74 Å². The molecule has 0 unspecified atom stereocenters. The van der Waals surface area contributed by atoms with Crippen molar-refractivity contribution in [3.8, 4) is 0 Å². The lowest BCUT2D eigenvalue weighted by Gasteiger charge is -2.39. The molecule has 1 saturated carbocycles. The molecule has 1 rings (SSSR count). The number of alkyl halides is 3. The molecule has 1 nitrogen and oxygen atoms in total. The maximum Gasteiger partial charge on any atom is 0.261 e. The van der Waals surface area contributed by atoms with E-state index in [0.717, 1.165) is 36.0 Å². The monoisotopic (exact) mass is 346 g/mol. The molecule has 1 aliphatic rings. The van der Waals surface area contributed by atoms with Crippen molar-refractivity contribution in [3.63, 3.8) is 0 Å². The molecule has 1 aliphatic carbocycles. The van der Waals surface area contributed by atoms with Crippen LogP contribution in [0.3, 0.4) is 0 Å². The molecule has 0 atom stereocenters. The first-order valence-electron chi connectivity index (χ1n) is 6.10. The van der Waals surface area contributed by atoms with E-state index >= 15 is 0 Å².